The van der Waals surface area contributed by atoms with Crippen molar-refractivity contribution in [2.75, 3.05) is 58.9 Å². The molecule has 2 rings (SSSR count). The summed E-state index contributed by atoms with van der Waals surface area (Å²) in [5.74, 6) is -0.234. The van der Waals surface area contributed by atoms with E-state index in [1.807, 2.05) is 0 Å². The number of nitrogens with zero attached hydrogens (tertiary/aromatic N) is 2. The molecule has 1 aliphatic rings. The molecule has 0 aliphatic carbocycles. The first-order chi connectivity index (χ1) is 12.8. The van der Waals surface area contributed by atoms with E-state index in [0.29, 0.717) is 37.6 Å². The highest BCUT2D eigenvalue weighted by atomic mass is 16.6. The van der Waals surface area contributed by atoms with Crippen molar-refractivity contribution in [3.8, 4) is 5.75 Å². The molecule has 0 radical (unpaired) electrons. The van der Waals surface area contributed by atoms with E-state index >= 15 is 0 Å². The van der Waals surface area contributed by atoms with Gasteiger partial charge in [0.15, 0.2) is 18.8 Å². The van der Waals surface area contributed by atoms with E-state index in [4.69, 9.17) is 9.47 Å². The van der Waals surface area contributed by atoms with Crippen LogP contribution in [0, 0.1) is 17.0 Å². The summed E-state index contributed by atoms with van der Waals surface area (Å²) in [7, 11) is 3.10. The fourth-order valence-corrected chi connectivity index (χ4v) is 2.83. The van der Waals surface area contributed by atoms with Gasteiger partial charge in [0, 0.05) is 30.9 Å². The number of nitro groups is 1. The molecule has 1 saturated heterocycles. The van der Waals surface area contributed by atoms with Crippen LogP contribution in [0.1, 0.15) is 5.56 Å². The molecule has 1 aromatic carbocycles. The number of nitrogens with one attached hydrogen (secondary N) is 2. The molecule has 148 valence electrons. The normalized spacial score (nSPS) is 15.1. The first kappa shape index (κ1) is 20.6. The third-order valence-corrected chi connectivity index (χ3v) is 4.28. The summed E-state index contributed by atoms with van der Waals surface area (Å²) in [5, 5.41) is 13.8. The molecule has 0 saturated carbocycles. The van der Waals surface area contributed by atoms with E-state index in [1.165, 1.54) is 19.2 Å². The molecule has 1 aromatic rings. The maximum Gasteiger partial charge on any atom is 0.311 e. The lowest BCUT2D eigenvalue weighted by molar-refractivity contribution is -0.862. The maximum atomic E-state index is 12.3. The van der Waals surface area contributed by atoms with E-state index in [-0.39, 0.29) is 36.3 Å². The van der Waals surface area contributed by atoms with Gasteiger partial charge in [0.1, 0.15) is 0 Å². The molecule has 0 spiro atoms. The van der Waals surface area contributed by atoms with Gasteiger partial charge in [0.05, 0.1) is 32.3 Å². The highest BCUT2D eigenvalue weighted by molar-refractivity contribution is 5.93. The van der Waals surface area contributed by atoms with Crippen molar-refractivity contribution in [2.24, 2.45) is 0 Å². The Morgan fingerprint density at radius 1 is 1.33 bits per heavy atom. The molecule has 1 heterocycles. The lowest BCUT2D eigenvalue weighted by atomic mass is 10.1. The van der Waals surface area contributed by atoms with Crippen LogP contribution in [0.4, 0.5) is 11.4 Å². The number of nitro benzene ring substituents is 1. The van der Waals surface area contributed by atoms with Crippen LogP contribution in [-0.4, -0.2) is 75.2 Å². The predicted molar refractivity (Wildman–Crippen MR) is 97.0 cm³/mol. The van der Waals surface area contributed by atoms with Crippen molar-refractivity contribution in [3.63, 3.8) is 0 Å². The highest BCUT2D eigenvalue weighted by Crippen LogP contribution is 2.32. The predicted octanol–water partition coefficient (Wildman–Crippen LogP) is -0.776. The summed E-state index contributed by atoms with van der Waals surface area (Å²) in [6.45, 7) is 4.17. The van der Waals surface area contributed by atoms with Crippen molar-refractivity contribution < 1.29 is 28.9 Å². The van der Waals surface area contributed by atoms with Gasteiger partial charge >= 0.3 is 5.69 Å². The Morgan fingerprint density at radius 2 is 2.00 bits per heavy atom. The number of quaternary nitrogens is 1. The Bertz CT molecular complexity index is 718. The number of hydrogen-bond donors (Lipinski definition) is 2. The molecule has 1 unspecified atom stereocenters. The van der Waals surface area contributed by atoms with Gasteiger partial charge < -0.3 is 24.6 Å². The molecular weight excluding hydrogens is 356 g/mol. The highest BCUT2D eigenvalue weighted by Gasteiger charge is 2.22. The van der Waals surface area contributed by atoms with Crippen LogP contribution < -0.4 is 15.0 Å². The zero-order valence-corrected chi connectivity index (χ0v) is 15.7. The minimum Gasteiger partial charge on any atom is -0.490 e. The standard InChI is InChI=1S/C17H24N4O6/c1-12-8-14(21(24)25)15(26-3)9-13(12)18-16(22)10-19(2)11-17(23)20-4-6-27-7-5-20/h8-9H,4-7,10-11H2,1-3H3,(H,18,22)/p+1. The second-order valence-electron chi connectivity index (χ2n) is 6.45. The molecule has 0 bridgehead atoms. The minimum atomic E-state index is -0.535. The quantitative estimate of drug-likeness (QED) is 0.473. The van der Waals surface area contributed by atoms with Gasteiger partial charge in [-0.15, -0.1) is 0 Å². The monoisotopic (exact) mass is 381 g/mol. The Labute approximate surface area is 157 Å². The molecule has 1 atom stereocenters. The number of carbonyl (C=O) groups is 2. The summed E-state index contributed by atoms with van der Waals surface area (Å²) in [5.41, 5.74) is 0.833. The lowest BCUT2D eigenvalue weighted by Gasteiger charge is -2.27. The number of anilines is 1. The second kappa shape index (κ2) is 9.28. The number of aryl methyl sites for hydroxylation is 1. The molecule has 2 amide bonds. The molecule has 2 N–H and O–H groups in total. The number of likely N-dealkylation sites (N-methyl/N-ethyl adjacent to an activating group) is 1. The fraction of sp³-hybridized carbons (Fsp3) is 0.529. The fourth-order valence-electron chi connectivity index (χ4n) is 2.83. The Kier molecular flexibility index (Phi) is 7.08. The van der Waals surface area contributed by atoms with Gasteiger partial charge in [-0.25, -0.2) is 0 Å². The summed E-state index contributed by atoms with van der Waals surface area (Å²) >= 11 is 0. The van der Waals surface area contributed by atoms with Crippen molar-refractivity contribution >= 4 is 23.2 Å². The van der Waals surface area contributed by atoms with Crippen molar-refractivity contribution in [3.05, 3.63) is 27.8 Å². The van der Waals surface area contributed by atoms with Crippen LogP contribution in [0.15, 0.2) is 12.1 Å². The molecule has 10 heteroatoms. The minimum absolute atomic E-state index is 0.0169. The first-order valence-corrected chi connectivity index (χ1v) is 8.61. The summed E-state index contributed by atoms with van der Waals surface area (Å²) in [6, 6.07) is 2.78. The Morgan fingerprint density at radius 3 is 2.59 bits per heavy atom. The van der Waals surface area contributed by atoms with Gasteiger partial charge in [-0.1, -0.05) is 0 Å². The lowest BCUT2D eigenvalue weighted by Crippen LogP contribution is -3.11. The molecule has 10 nitrogen and oxygen atoms in total. The molecule has 1 fully saturated rings. The number of carbonyl (C=O) groups excluding carboxylic acids is 2. The summed E-state index contributed by atoms with van der Waals surface area (Å²) in [6.07, 6.45) is 0. The number of ether oxygens (including phenoxy) is 2. The number of rotatable bonds is 7. The van der Waals surface area contributed by atoms with Gasteiger partial charge in [0.2, 0.25) is 0 Å². The Balaban J connectivity index is 1.94. The van der Waals surface area contributed by atoms with E-state index < -0.39 is 4.92 Å². The van der Waals surface area contributed by atoms with Crippen LogP contribution >= 0.6 is 0 Å². The van der Waals surface area contributed by atoms with Gasteiger partial charge in [0.25, 0.3) is 11.8 Å². The number of benzene rings is 1. The van der Waals surface area contributed by atoms with E-state index in [1.54, 1.807) is 18.9 Å². The second-order valence-corrected chi connectivity index (χ2v) is 6.45. The average molecular weight is 381 g/mol. The van der Waals surface area contributed by atoms with E-state index in [0.717, 1.165) is 4.90 Å². The van der Waals surface area contributed by atoms with Crippen molar-refractivity contribution in [2.45, 2.75) is 6.92 Å². The number of morpholine rings is 1. The smallest absolute Gasteiger partial charge is 0.311 e. The molecule has 1 aliphatic heterocycles. The Hall–Kier alpha value is -2.72. The van der Waals surface area contributed by atoms with Crippen LogP contribution in [-0.2, 0) is 14.3 Å². The van der Waals surface area contributed by atoms with Crippen molar-refractivity contribution in [1.29, 1.82) is 0 Å². The van der Waals surface area contributed by atoms with E-state index in [9.17, 15) is 19.7 Å². The third kappa shape index (κ3) is 5.63. The topological polar surface area (TPSA) is 115 Å². The van der Waals surface area contributed by atoms with Crippen LogP contribution in [0.2, 0.25) is 0 Å². The van der Waals surface area contributed by atoms with Crippen molar-refractivity contribution in [1.82, 2.24) is 4.90 Å². The number of hydrogen-bond acceptors (Lipinski definition) is 6. The summed E-state index contributed by atoms with van der Waals surface area (Å²) in [4.78, 5) is 37.5. The average Bonchev–Trinajstić information content (AvgIpc) is 2.63. The first-order valence-electron chi connectivity index (χ1n) is 8.61. The molecular formula is C17H25N4O6+. The maximum absolute atomic E-state index is 12.3. The largest absolute Gasteiger partial charge is 0.490 e. The zero-order valence-electron chi connectivity index (χ0n) is 15.7. The molecule has 0 aromatic heterocycles. The zero-order chi connectivity index (χ0) is 20.0. The SMILES string of the molecule is COc1cc(NC(=O)C[NH+](C)CC(=O)N2CCOCC2)c(C)cc1[N+](=O)[O-]. The number of methoxy groups -OCH3 is 1. The van der Waals surface area contributed by atoms with Gasteiger partial charge in [-0.05, 0) is 12.5 Å². The van der Waals surface area contributed by atoms with Crippen LogP contribution in [0.25, 0.3) is 0 Å². The van der Waals surface area contributed by atoms with Gasteiger partial charge in [-0.3, -0.25) is 19.7 Å². The third-order valence-electron chi connectivity index (χ3n) is 4.28. The number of amides is 2. The van der Waals surface area contributed by atoms with Crippen LogP contribution in [0.5, 0.6) is 5.75 Å². The molecule has 27 heavy (non-hydrogen) atoms. The summed E-state index contributed by atoms with van der Waals surface area (Å²) < 4.78 is 10.2. The van der Waals surface area contributed by atoms with Gasteiger partial charge in [-0.2, -0.15) is 0 Å². The van der Waals surface area contributed by atoms with Crippen LogP contribution in [0.3, 0.4) is 0 Å². The van der Waals surface area contributed by atoms with E-state index in [2.05, 4.69) is 5.32 Å².